The summed E-state index contributed by atoms with van der Waals surface area (Å²) in [7, 11) is 0. The van der Waals surface area contributed by atoms with Crippen molar-refractivity contribution in [3.05, 3.63) is 53.2 Å². The van der Waals surface area contributed by atoms with Gasteiger partial charge in [0.05, 0.1) is 5.02 Å². The van der Waals surface area contributed by atoms with Crippen LogP contribution in [-0.2, 0) is 0 Å². The van der Waals surface area contributed by atoms with Crippen LogP contribution in [0.4, 0.5) is 0 Å². The second-order valence-corrected chi connectivity index (χ2v) is 6.43. The Balaban J connectivity index is 2.02. The molecule has 112 valence electrons. The Morgan fingerprint density at radius 1 is 1.14 bits per heavy atom. The van der Waals surface area contributed by atoms with Crippen molar-refractivity contribution in [2.75, 3.05) is 6.54 Å². The normalized spacial score (nSPS) is 12.3. The highest BCUT2D eigenvalue weighted by molar-refractivity contribution is 7.99. The monoisotopic (exact) mass is 320 g/mol. The van der Waals surface area contributed by atoms with E-state index in [0.29, 0.717) is 11.1 Å². The Hall–Kier alpha value is -1.03. The van der Waals surface area contributed by atoms with E-state index in [4.69, 9.17) is 11.6 Å². The Kier molecular flexibility index (Phi) is 6.55. The van der Waals surface area contributed by atoms with E-state index < -0.39 is 0 Å². The van der Waals surface area contributed by atoms with Gasteiger partial charge in [0.2, 0.25) is 0 Å². The number of aromatic nitrogens is 1. The van der Waals surface area contributed by atoms with Crippen LogP contribution in [0.1, 0.15) is 38.3 Å². The van der Waals surface area contributed by atoms with Crippen LogP contribution in [-0.4, -0.2) is 11.5 Å². The first-order chi connectivity index (χ1) is 10.2. The maximum absolute atomic E-state index is 5.85. The summed E-state index contributed by atoms with van der Waals surface area (Å²) in [5.74, 6) is 0. The van der Waals surface area contributed by atoms with Gasteiger partial charge in [-0.3, -0.25) is 0 Å². The number of hydrogen-bond acceptors (Lipinski definition) is 3. The van der Waals surface area contributed by atoms with E-state index in [0.717, 1.165) is 24.4 Å². The van der Waals surface area contributed by atoms with Gasteiger partial charge in [-0.25, -0.2) is 4.98 Å². The lowest BCUT2D eigenvalue weighted by molar-refractivity contribution is 0.518. The summed E-state index contributed by atoms with van der Waals surface area (Å²) in [6.45, 7) is 5.47. The van der Waals surface area contributed by atoms with Crippen molar-refractivity contribution in [3.63, 3.8) is 0 Å². The Morgan fingerprint density at radius 3 is 2.48 bits per heavy atom. The van der Waals surface area contributed by atoms with Gasteiger partial charge < -0.3 is 5.32 Å². The molecule has 0 bridgehead atoms. The van der Waals surface area contributed by atoms with Crippen molar-refractivity contribution in [2.45, 2.75) is 42.7 Å². The number of rotatable bonds is 7. The first kappa shape index (κ1) is 16.3. The fraction of sp³-hybridized carbons (Fsp3) is 0.353. The van der Waals surface area contributed by atoms with E-state index in [9.17, 15) is 0 Å². The molecule has 0 saturated carbocycles. The highest BCUT2D eigenvalue weighted by Gasteiger charge is 2.08. The first-order valence-electron chi connectivity index (χ1n) is 7.35. The topological polar surface area (TPSA) is 24.9 Å². The molecule has 2 rings (SSSR count). The molecule has 1 heterocycles. The van der Waals surface area contributed by atoms with Gasteiger partial charge in [-0.05, 0) is 49.2 Å². The average Bonchev–Trinajstić information content (AvgIpc) is 2.52. The van der Waals surface area contributed by atoms with E-state index in [1.165, 1.54) is 10.5 Å². The van der Waals surface area contributed by atoms with Crippen LogP contribution in [0, 0.1) is 0 Å². The van der Waals surface area contributed by atoms with Gasteiger partial charge in [0.15, 0.2) is 0 Å². The summed E-state index contributed by atoms with van der Waals surface area (Å²) in [5, 5.41) is 5.21. The van der Waals surface area contributed by atoms with Crippen molar-refractivity contribution in [1.29, 1.82) is 0 Å². The Morgan fingerprint density at radius 2 is 1.90 bits per heavy atom. The van der Waals surface area contributed by atoms with Gasteiger partial charge in [-0.15, -0.1) is 0 Å². The quantitative estimate of drug-likeness (QED) is 0.745. The molecule has 1 unspecified atom stereocenters. The van der Waals surface area contributed by atoms with Crippen molar-refractivity contribution in [3.8, 4) is 0 Å². The standard InChI is InChI=1S/C17H21ClN2S/c1-3-11-19-16(4-2)13-5-8-15(9-6-13)21-17-10-7-14(18)12-20-17/h5-10,12,16,19H,3-4,11H2,1-2H3. The van der Waals surface area contributed by atoms with Crippen LogP contribution in [0.2, 0.25) is 5.02 Å². The van der Waals surface area contributed by atoms with E-state index in [-0.39, 0.29) is 0 Å². The van der Waals surface area contributed by atoms with Gasteiger partial charge in [-0.2, -0.15) is 0 Å². The zero-order valence-corrected chi connectivity index (χ0v) is 14.0. The van der Waals surface area contributed by atoms with Gasteiger partial charge in [0.25, 0.3) is 0 Å². The molecule has 0 aliphatic carbocycles. The molecule has 1 aromatic carbocycles. The predicted octanol–water partition coefficient (Wildman–Crippen LogP) is 5.34. The zero-order chi connectivity index (χ0) is 15.1. The predicted molar refractivity (Wildman–Crippen MR) is 91.1 cm³/mol. The smallest absolute Gasteiger partial charge is 0.101 e. The fourth-order valence-corrected chi connectivity index (χ4v) is 2.99. The number of hydrogen-bond donors (Lipinski definition) is 1. The molecule has 21 heavy (non-hydrogen) atoms. The minimum Gasteiger partial charge on any atom is -0.310 e. The SMILES string of the molecule is CCCNC(CC)c1ccc(Sc2ccc(Cl)cn2)cc1. The Bertz CT molecular complexity index is 540. The summed E-state index contributed by atoms with van der Waals surface area (Å²) >= 11 is 7.50. The average molecular weight is 321 g/mol. The molecule has 0 radical (unpaired) electrons. The van der Waals surface area contributed by atoms with Gasteiger partial charge in [-0.1, -0.05) is 49.3 Å². The lowest BCUT2D eigenvalue weighted by Crippen LogP contribution is -2.21. The number of benzene rings is 1. The molecule has 2 nitrogen and oxygen atoms in total. The molecule has 2 aromatic rings. The molecule has 4 heteroatoms. The van der Waals surface area contributed by atoms with Crippen LogP contribution < -0.4 is 5.32 Å². The largest absolute Gasteiger partial charge is 0.310 e. The number of pyridine rings is 1. The highest BCUT2D eigenvalue weighted by atomic mass is 35.5. The third-order valence-electron chi connectivity index (χ3n) is 3.25. The number of nitrogens with one attached hydrogen (secondary N) is 1. The van der Waals surface area contributed by atoms with Crippen molar-refractivity contribution < 1.29 is 0 Å². The van der Waals surface area contributed by atoms with E-state index in [1.807, 2.05) is 12.1 Å². The van der Waals surface area contributed by atoms with Crippen LogP contribution in [0.3, 0.4) is 0 Å². The van der Waals surface area contributed by atoms with Crippen LogP contribution in [0.5, 0.6) is 0 Å². The highest BCUT2D eigenvalue weighted by Crippen LogP contribution is 2.28. The molecule has 0 amide bonds. The van der Waals surface area contributed by atoms with Gasteiger partial charge in [0.1, 0.15) is 5.03 Å². The Labute approximate surface area is 136 Å². The minimum atomic E-state index is 0.442. The summed E-state index contributed by atoms with van der Waals surface area (Å²) in [6.07, 6.45) is 3.94. The maximum atomic E-state index is 5.85. The zero-order valence-electron chi connectivity index (χ0n) is 12.5. The molecule has 0 fully saturated rings. The second kappa shape index (κ2) is 8.42. The molecule has 1 aromatic heterocycles. The van der Waals surface area contributed by atoms with Crippen molar-refractivity contribution in [1.82, 2.24) is 10.3 Å². The van der Waals surface area contributed by atoms with Crippen molar-refractivity contribution in [2.24, 2.45) is 0 Å². The second-order valence-electron chi connectivity index (χ2n) is 4.90. The van der Waals surface area contributed by atoms with E-state index in [1.54, 1.807) is 18.0 Å². The first-order valence-corrected chi connectivity index (χ1v) is 8.55. The van der Waals surface area contributed by atoms with Crippen LogP contribution in [0.25, 0.3) is 0 Å². The summed E-state index contributed by atoms with van der Waals surface area (Å²) < 4.78 is 0. The van der Waals surface area contributed by atoms with E-state index >= 15 is 0 Å². The third-order valence-corrected chi connectivity index (χ3v) is 4.44. The molecular formula is C17H21ClN2S. The number of nitrogens with zero attached hydrogens (tertiary/aromatic N) is 1. The third kappa shape index (κ3) is 5.03. The summed E-state index contributed by atoms with van der Waals surface area (Å²) in [5.41, 5.74) is 1.35. The maximum Gasteiger partial charge on any atom is 0.101 e. The molecular weight excluding hydrogens is 300 g/mol. The molecule has 0 aliphatic heterocycles. The summed E-state index contributed by atoms with van der Waals surface area (Å²) in [4.78, 5) is 5.50. The minimum absolute atomic E-state index is 0.442. The summed E-state index contributed by atoms with van der Waals surface area (Å²) in [6, 6.07) is 13.0. The molecule has 0 aliphatic rings. The molecule has 0 saturated heterocycles. The fourth-order valence-electron chi connectivity index (χ4n) is 2.13. The molecule has 1 N–H and O–H groups in total. The van der Waals surface area contributed by atoms with Crippen LogP contribution in [0.15, 0.2) is 52.5 Å². The van der Waals surface area contributed by atoms with Gasteiger partial charge in [0, 0.05) is 17.1 Å². The number of halogens is 1. The molecule has 0 spiro atoms. The van der Waals surface area contributed by atoms with Gasteiger partial charge >= 0.3 is 0 Å². The lowest BCUT2D eigenvalue weighted by Gasteiger charge is -2.17. The lowest BCUT2D eigenvalue weighted by atomic mass is 10.0. The van der Waals surface area contributed by atoms with Crippen molar-refractivity contribution >= 4 is 23.4 Å². The molecule has 1 atom stereocenters. The van der Waals surface area contributed by atoms with E-state index in [2.05, 4.69) is 48.4 Å². The van der Waals surface area contributed by atoms with Crippen LogP contribution >= 0.6 is 23.4 Å².